The summed E-state index contributed by atoms with van der Waals surface area (Å²) in [7, 11) is 0. The maximum absolute atomic E-state index is 13.5. The van der Waals surface area contributed by atoms with Crippen molar-refractivity contribution in [1.29, 1.82) is 0 Å². The van der Waals surface area contributed by atoms with Gasteiger partial charge in [-0.15, -0.1) is 0 Å². The lowest BCUT2D eigenvalue weighted by atomic mass is 9.91. The molecule has 2 aromatic carbocycles. The number of hydrogen-bond acceptors (Lipinski definition) is 7. The Morgan fingerprint density at radius 3 is 2.32 bits per heavy atom. The number of alkyl halides is 3. The molecule has 236 valence electrons. The van der Waals surface area contributed by atoms with Gasteiger partial charge in [0.05, 0.1) is 17.7 Å². The molecule has 1 atom stereocenters. The molecule has 0 spiro atoms. The molecule has 1 saturated heterocycles. The number of nitrogens with one attached hydrogen (secondary N) is 1. The predicted octanol–water partition coefficient (Wildman–Crippen LogP) is 6.35. The van der Waals surface area contributed by atoms with Crippen LogP contribution in [0.5, 0.6) is 5.75 Å². The van der Waals surface area contributed by atoms with Crippen LogP contribution in [0.2, 0.25) is 0 Å². The first kappa shape index (κ1) is 32.6. The predicted molar refractivity (Wildman–Crippen MR) is 155 cm³/mol. The molecule has 0 radical (unpaired) electrons. The summed E-state index contributed by atoms with van der Waals surface area (Å²) in [5, 5.41) is 2.52. The van der Waals surface area contributed by atoms with Gasteiger partial charge in [-0.05, 0) is 76.8 Å². The number of aryl methyl sites for hydroxylation is 1. The molecule has 1 N–H and O–H groups in total. The number of esters is 1. The summed E-state index contributed by atoms with van der Waals surface area (Å²) in [4.78, 5) is 51.4. The Hall–Kier alpha value is -4.35. The van der Waals surface area contributed by atoms with Crippen LogP contribution in [0.1, 0.15) is 80.9 Å². The summed E-state index contributed by atoms with van der Waals surface area (Å²) in [6.07, 6.45) is -2.99. The second-order valence-electron chi connectivity index (χ2n) is 11.8. The number of rotatable bonds is 10. The van der Waals surface area contributed by atoms with E-state index in [0.29, 0.717) is 54.2 Å². The zero-order valence-corrected chi connectivity index (χ0v) is 25.2. The van der Waals surface area contributed by atoms with Gasteiger partial charge < -0.3 is 19.2 Å². The zero-order valence-electron chi connectivity index (χ0n) is 25.2. The van der Waals surface area contributed by atoms with Crippen LogP contribution in [0.3, 0.4) is 0 Å². The number of benzene rings is 2. The maximum Gasteiger partial charge on any atom is 0.417 e. The van der Waals surface area contributed by atoms with Crippen LogP contribution >= 0.6 is 0 Å². The second-order valence-corrected chi connectivity index (χ2v) is 11.8. The summed E-state index contributed by atoms with van der Waals surface area (Å²) >= 11 is 0. The highest BCUT2D eigenvalue weighted by molar-refractivity contribution is 6.07. The molecule has 0 aliphatic carbocycles. The Kier molecular flexibility index (Phi) is 9.13. The SMILES string of the molecule is CCCc1c(OCCCCN2C(=O)NC(C)(c3ccc(C(=O)OC(C)(C)C)cc3)C2=O)ccc2c(C(F)(F)F)cc(=O)oc12. The highest BCUT2D eigenvalue weighted by atomic mass is 19.4. The van der Waals surface area contributed by atoms with Crippen LogP contribution < -0.4 is 15.7 Å². The van der Waals surface area contributed by atoms with Crippen molar-refractivity contribution in [2.75, 3.05) is 13.2 Å². The minimum atomic E-state index is -4.72. The number of fused-ring (bicyclic) bond motifs is 1. The van der Waals surface area contributed by atoms with Gasteiger partial charge in [0.15, 0.2) is 0 Å². The quantitative estimate of drug-likeness (QED) is 0.122. The normalized spacial score (nSPS) is 17.2. The first-order valence-corrected chi connectivity index (χ1v) is 14.3. The van der Waals surface area contributed by atoms with E-state index in [9.17, 15) is 32.3 Å². The summed E-state index contributed by atoms with van der Waals surface area (Å²) in [6.45, 7) is 8.99. The average Bonchev–Trinajstić information content (AvgIpc) is 3.15. The average molecular weight is 617 g/mol. The Labute approximate surface area is 252 Å². The third kappa shape index (κ3) is 6.89. The Balaban J connectivity index is 1.39. The third-order valence-corrected chi connectivity index (χ3v) is 7.18. The first-order chi connectivity index (χ1) is 20.5. The van der Waals surface area contributed by atoms with Crippen molar-refractivity contribution in [2.24, 2.45) is 0 Å². The van der Waals surface area contributed by atoms with Crippen molar-refractivity contribution >= 4 is 28.9 Å². The number of hydrogen-bond donors (Lipinski definition) is 1. The van der Waals surface area contributed by atoms with E-state index < -0.39 is 46.4 Å². The molecule has 44 heavy (non-hydrogen) atoms. The third-order valence-electron chi connectivity index (χ3n) is 7.18. The molecule has 0 saturated carbocycles. The Bertz CT molecular complexity index is 1620. The number of amides is 3. The van der Waals surface area contributed by atoms with Crippen molar-refractivity contribution in [3.8, 4) is 5.75 Å². The smallest absolute Gasteiger partial charge is 0.417 e. The van der Waals surface area contributed by atoms with Gasteiger partial charge in [0.1, 0.15) is 22.5 Å². The summed E-state index contributed by atoms with van der Waals surface area (Å²) in [5.41, 5.74) is -3.09. The molecule has 2 heterocycles. The van der Waals surface area contributed by atoms with Crippen LogP contribution in [0, 0.1) is 0 Å². The molecule has 9 nitrogen and oxygen atoms in total. The molecule has 1 fully saturated rings. The van der Waals surface area contributed by atoms with Gasteiger partial charge in [0.2, 0.25) is 0 Å². The van der Waals surface area contributed by atoms with Crippen LogP contribution in [0.15, 0.2) is 51.7 Å². The van der Waals surface area contributed by atoms with E-state index in [1.54, 1.807) is 52.0 Å². The molecule has 0 bridgehead atoms. The van der Waals surface area contributed by atoms with Gasteiger partial charge in [-0.25, -0.2) is 14.4 Å². The van der Waals surface area contributed by atoms with E-state index in [-0.39, 0.29) is 24.1 Å². The molecule has 4 rings (SSSR count). The lowest BCUT2D eigenvalue weighted by Gasteiger charge is -2.23. The molecule has 3 aromatic rings. The lowest BCUT2D eigenvalue weighted by molar-refractivity contribution is -0.136. The minimum Gasteiger partial charge on any atom is -0.493 e. The molecule has 1 unspecified atom stereocenters. The number of imide groups is 1. The van der Waals surface area contributed by atoms with Crippen molar-refractivity contribution in [3.63, 3.8) is 0 Å². The first-order valence-electron chi connectivity index (χ1n) is 14.3. The number of urea groups is 1. The van der Waals surface area contributed by atoms with Crippen molar-refractivity contribution in [2.45, 2.75) is 77.6 Å². The molecule has 1 aromatic heterocycles. The molecular weight excluding hydrogens is 581 g/mol. The largest absolute Gasteiger partial charge is 0.493 e. The minimum absolute atomic E-state index is 0.114. The van der Waals surface area contributed by atoms with E-state index in [1.165, 1.54) is 12.1 Å². The Morgan fingerprint density at radius 1 is 1.02 bits per heavy atom. The number of halogens is 3. The zero-order chi connectivity index (χ0) is 32.4. The molecule has 1 aliphatic rings. The van der Waals surface area contributed by atoms with Gasteiger partial charge >= 0.3 is 23.8 Å². The van der Waals surface area contributed by atoms with Crippen LogP contribution in [0.4, 0.5) is 18.0 Å². The number of carbonyl (C=O) groups is 3. The van der Waals surface area contributed by atoms with Gasteiger partial charge in [-0.1, -0.05) is 25.5 Å². The topological polar surface area (TPSA) is 115 Å². The molecular formula is C32H35F3N2O7. The van der Waals surface area contributed by atoms with Crippen molar-refractivity contribution in [3.05, 3.63) is 75.1 Å². The van der Waals surface area contributed by atoms with Gasteiger partial charge in [-0.2, -0.15) is 13.2 Å². The number of carbonyl (C=O) groups excluding carboxylic acids is 3. The van der Waals surface area contributed by atoms with Crippen LogP contribution in [-0.2, 0) is 27.7 Å². The van der Waals surface area contributed by atoms with Crippen LogP contribution in [0.25, 0.3) is 11.0 Å². The van der Waals surface area contributed by atoms with E-state index in [2.05, 4.69) is 5.32 Å². The summed E-state index contributed by atoms with van der Waals surface area (Å²) in [6, 6.07) is 8.84. The fraction of sp³-hybridized carbons (Fsp3) is 0.438. The standard InChI is InChI=1S/C32H35F3N2O7/c1-6-9-22-24(15-14-21-23(32(33,34)35)18-25(38)43-26(21)22)42-17-8-7-16-37-28(40)31(5,36-29(37)41)20-12-10-19(11-13-20)27(39)44-30(2,3)4/h10-15,18H,6-9,16-17H2,1-5H3,(H,36,41). The number of ether oxygens (including phenoxy) is 2. The number of unbranched alkanes of at least 4 members (excludes halogenated alkanes) is 1. The van der Waals surface area contributed by atoms with E-state index >= 15 is 0 Å². The highest BCUT2D eigenvalue weighted by Gasteiger charge is 2.48. The highest BCUT2D eigenvalue weighted by Crippen LogP contribution is 2.37. The monoisotopic (exact) mass is 616 g/mol. The van der Waals surface area contributed by atoms with Crippen molar-refractivity contribution < 1.29 is 41.4 Å². The van der Waals surface area contributed by atoms with Gasteiger partial charge in [0.25, 0.3) is 5.91 Å². The van der Waals surface area contributed by atoms with Gasteiger partial charge in [0, 0.05) is 23.6 Å². The molecule has 12 heteroatoms. The van der Waals surface area contributed by atoms with E-state index in [0.717, 1.165) is 4.90 Å². The summed E-state index contributed by atoms with van der Waals surface area (Å²) < 4.78 is 57.0. The fourth-order valence-corrected chi connectivity index (χ4v) is 5.05. The lowest BCUT2D eigenvalue weighted by Crippen LogP contribution is -2.41. The van der Waals surface area contributed by atoms with Crippen LogP contribution in [-0.4, -0.2) is 41.6 Å². The van der Waals surface area contributed by atoms with Crippen molar-refractivity contribution in [1.82, 2.24) is 10.2 Å². The molecule has 3 amide bonds. The Morgan fingerprint density at radius 2 is 1.70 bits per heavy atom. The number of nitrogens with zero attached hydrogens (tertiary/aromatic N) is 1. The van der Waals surface area contributed by atoms with Gasteiger partial charge in [-0.3, -0.25) is 9.69 Å². The summed E-state index contributed by atoms with van der Waals surface area (Å²) in [5.74, 6) is -0.635. The second kappa shape index (κ2) is 12.3. The fourth-order valence-electron chi connectivity index (χ4n) is 5.05. The van der Waals surface area contributed by atoms with E-state index in [1.807, 2.05) is 6.92 Å². The molecule has 1 aliphatic heterocycles. The van der Waals surface area contributed by atoms with E-state index in [4.69, 9.17) is 13.9 Å². The maximum atomic E-state index is 13.5.